The maximum atomic E-state index is 12.8. The van der Waals surface area contributed by atoms with Crippen molar-refractivity contribution in [2.75, 3.05) is 46.3 Å². The van der Waals surface area contributed by atoms with E-state index >= 15 is 0 Å². The second kappa shape index (κ2) is 10.1. The fourth-order valence-corrected chi connectivity index (χ4v) is 4.55. The summed E-state index contributed by atoms with van der Waals surface area (Å²) in [6.07, 6.45) is 2.95. The molecule has 2 heterocycles. The maximum absolute atomic E-state index is 12.8. The molecule has 32 heavy (non-hydrogen) atoms. The number of nitrogens with zero attached hydrogens (tertiary/aromatic N) is 4. The fraction of sp³-hybridized carbons (Fsp3) is 0.407. The lowest BCUT2D eigenvalue weighted by molar-refractivity contribution is 0.0744. The second-order valence-electron chi connectivity index (χ2n) is 9.04. The van der Waals surface area contributed by atoms with Crippen LogP contribution in [0.4, 0.5) is 0 Å². The summed E-state index contributed by atoms with van der Waals surface area (Å²) in [5.74, 6) is 0.0722. The minimum Gasteiger partial charge on any atom is -0.338 e. The molecule has 5 nitrogen and oxygen atoms in total. The van der Waals surface area contributed by atoms with Gasteiger partial charge in [0.25, 0.3) is 5.91 Å². The smallest absolute Gasteiger partial charge is 0.253 e. The highest BCUT2D eigenvalue weighted by molar-refractivity contribution is 5.95. The number of likely N-dealkylation sites (tertiary alicyclic amines) is 1. The SMILES string of the molecule is C=C1CCN(C(=O)c2ccc(-c3ccc(CN4CCCN(C)CC4)cc3C#N)cc2)CC1. The third-order valence-corrected chi connectivity index (χ3v) is 6.62. The fourth-order valence-electron chi connectivity index (χ4n) is 4.55. The van der Waals surface area contributed by atoms with E-state index in [0.29, 0.717) is 11.1 Å². The predicted octanol–water partition coefficient (Wildman–Crippen LogP) is 4.15. The molecule has 0 N–H and O–H groups in total. The second-order valence-corrected chi connectivity index (χ2v) is 9.04. The highest BCUT2D eigenvalue weighted by Crippen LogP contribution is 2.26. The first kappa shape index (κ1) is 22.3. The molecule has 0 aromatic heterocycles. The molecule has 2 saturated heterocycles. The molecule has 0 bridgehead atoms. The van der Waals surface area contributed by atoms with Crippen LogP contribution in [-0.2, 0) is 6.54 Å². The number of nitriles is 1. The molecule has 0 aliphatic carbocycles. The Labute approximate surface area is 191 Å². The number of hydrogen-bond acceptors (Lipinski definition) is 4. The molecule has 0 radical (unpaired) electrons. The molecule has 0 unspecified atom stereocenters. The van der Waals surface area contributed by atoms with Crippen LogP contribution in [0.15, 0.2) is 54.6 Å². The number of rotatable bonds is 4. The Balaban J connectivity index is 1.46. The number of carbonyl (C=O) groups excluding carboxylic acids is 1. The lowest BCUT2D eigenvalue weighted by atomic mass is 9.96. The van der Waals surface area contributed by atoms with Crippen LogP contribution in [0.1, 0.15) is 40.7 Å². The van der Waals surface area contributed by atoms with E-state index < -0.39 is 0 Å². The van der Waals surface area contributed by atoms with Crippen LogP contribution in [0, 0.1) is 11.3 Å². The molecule has 2 fully saturated rings. The van der Waals surface area contributed by atoms with Crippen molar-refractivity contribution in [2.45, 2.75) is 25.8 Å². The van der Waals surface area contributed by atoms with E-state index in [-0.39, 0.29) is 5.91 Å². The molecular weight excluding hydrogens is 396 g/mol. The predicted molar refractivity (Wildman–Crippen MR) is 128 cm³/mol. The summed E-state index contributed by atoms with van der Waals surface area (Å²) in [5.41, 5.74) is 5.66. The van der Waals surface area contributed by atoms with Gasteiger partial charge in [-0.15, -0.1) is 0 Å². The topological polar surface area (TPSA) is 50.6 Å². The first-order chi connectivity index (χ1) is 15.5. The van der Waals surface area contributed by atoms with Gasteiger partial charge >= 0.3 is 0 Å². The van der Waals surface area contributed by atoms with Crippen molar-refractivity contribution in [1.29, 1.82) is 5.26 Å². The maximum Gasteiger partial charge on any atom is 0.253 e. The van der Waals surface area contributed by atoms with E-state index in [1.54, 1.807) is 0 Å². The highest BCUT2D eigenvalue weighted by Gasteiger charge is 2.20. The molecule has 2 aliphatic rings. The lowest BCUT2D eigenvalue weighted by Crippen LogP contribution is -2.36. The van der Waals surface area contributed by atoms with Crippen LogP contribution >= 0.6 is 0 Å². The number of amides is 1. The Morgan fingerprint density at radius 3 is 2.47 bits per heavy atom. The third kappa shape index (κ3) is 5.27. The molecule has 1 amide bonds. The molecule has 2 aromatic carbocycles. The molecule has 0 saturated carbocycles. The average molecular weight is 429 g/mol. The summed E-state index contributed by atoms with van der Waals surface area (Å²) in [5, 5.41) is 9.79. The van der Waals surface area contributed by atoms with Gasteiger partial charge in [0.1, 0.15) is 0 Å². The molecule has 0 atom stereocenters. The van der Waals surface area contributed by atoms with Gasteiger partial charge in [-0.2, -0.15) is 5.26 Å². The van der Waals surface area contributed by atoms with Crippen LogP contribution in [0.2, 0.25) is 0 Å². The van der Waals surface area contributed by atoms with Crippen molar-refractivity contribution < 1.29 is 4.79 Å². The average Bonchev–Trinajstić information content (AvgIpc) is 3.03. The molecule has 2 aliphatic heterocycles. The zero-order chi connectivity index (χ0) is 22.5. The molecule has 5 heteroatoms. The normalized spacial score (nSPS) is 18.2. The van der Waals surface area contributed by atoms with Crippen molar-refractivity contribution in [1.82, 2.24) is 14.7 Å². The van der Waals surface area contributed by atoms with Gasteiger partial charge in [-0.3, -0.25) is 9.69 Å². The molecular formula is C27H32N4O. The Hall–Kier alpha value is -2.94. The van der Waals surface area contributed by atoms with Crippen LogP contribution in [0.3, 0.4) is 0 Å². The van der Waals surface area contributed by atoms with Crippen LogP contribution < -0.4 is 0 Å². The van der Waals surface area contributed by atoms with Gasteiger partial charge in [-0.05, 0) is 74.3 Å². The Morgan fingerprint density at radius 1 is 1.00 bits per heavy atom. The van der Waals surface area contributed by atoms with Crippen LogP contribution in [-0.4, -0.2) is 66.9 Å². The summed E-state index contributed by atoms with van der Waals surface area (Å²) < 4.78 is 0. The minimum atomic E-state index is 0.0722. The standard InChI is InChI=1S/C27H32N4O/c1-21-10-14-31(15-11-21)27(32)24-7-5-23(6-8-24)26-9-4-22(18-25(26)19-28)20-30-13-3-12-29(2)16-17-30/h4-9,18H,1,3,10-17,20H2,2H3. The van der Waals surface area contributed by atoms with E-state index in [9.17, 15) is 10.1 Å². The van der Waals surface area contributed by atoms with Crippen LogP contribution in [0.25, 0.3) is 11.1 Å². The first-order valence-corrected chi connectivity index (χ1v) is 11.5. The van der Waals surface area contributed by atoms with Crippen molar-refractivity contribution >= 4 is 5.91 Å². The number of piperidine rings is 1. The summed E-state index contributed by atoms with van der Waals surface area (Å²) in [6.45, 7) is 10.8. The Morgan fingerprint density at radius 2 is 1.75 bits per heavy atom. The van der Waals surface area contributed by atoms with Gasteiger partial charge in [0.2, 0.25) is 0 Å². The van der Waals surface area contributed by atoms with Gasteiger partial charge < -0.3 is 9.80 Å². The number of hydrogen-bond donors (Lipinski definition) is 0. The Kier molecular flexibility index (Phi) is 7.04. The largest absolute Gasteiger partial charge is 0.338 e. The minimum absolute atomic E-state index is 0.0722. The van der Waals surface area contributed by atoms with E-state index in [1.807, 2.05) is 41.3 Å². The van der Waals surface area contributed by atoms with E-state index in [4.69, 9.17) is 0 Å². The number of carbonyl (C=O) groups is 1. The van der Waals surface area contributed by atoms with E-state index in [2.05, 4.69) is 35.6 Å². The van der Waals surface area contributed by atoms with Gasteiger partial charge in [-0.1, -0.05) is 36.4 Å². The van der Waals surface area contributed by atoms with Crippen molar-refractivity contribution in [3.05, 3.63) is 71.3 Å². The third-order valence-electron chi connectivity index (χ3n) is 6.62. The van der Waals surface area contributed by atoms with Crippen molar-refractivity contribution in [2.24, 2.45) is 0 Å². The number of likely N-dealkylation sites (N-methyl/N-ethyl adjacent to an activating group) is 1. The lowest BCUT2D eigenvalue weighted by Gasteiger charge is -2.28. The van der Waals surface area contributed by atoms with E-state index in [0.717, 1.165) is 69.8 Å². The summed E-state index contributed by atoms with van der Waals surface area (Å²) in [7, 11) is 2.18. The van der Waals surface area contributed by atoms with Crippen molar-refractivity contribution in [3.8, 4) is 17.2 Å². The first-order valence-electron chi connectivity index (χ1n) is 11.5. The monoisotopic (exact) mass is 428 g/mol. The molecule has 2 aromatic rings. The molecule has 166 valence electrons. The van der Waals surface area contributed by atoms with Gasteiger partial charge in [0.15, 0.2) is 0 Å². The summed E-state index contributed by atoms with van der Waals surface area (Å²) >= 11 is 0. The van der Waals surface area contributed by atoms with Gasteiger partial charge in [0.05, 0.1) is 11.6 Å². The Bertz CT molecular complexity index is 1010. The van der Waals surface area contributed by atoms with Gasteiger partial charge in [0, 0.05) is 38.3 Å². The van der Waals surface area contributed by atoms with Crippen LogP contribution in [0.5, 0.6) is 0 Å². The quantitative estimate of drug-likeness (QED) is 0.687. The highest BCUT2D eigenvalue weighted by atomic mass is 16.2. The molecule has 4 rings (SSSR count). The van der Waals surface area contributed by atoms with Crippen molar-refractivity contribution in [3.63, 3.8) is 0 Å². The van der Waals surface area contributed by atoms with Gasteiger partial charge in [-0.25, -0.2) is 0 Å². The molecule has 0 spiro atoms. The zero-order valence-corrected chi connectivity index (χ0v) is 19.0. The zero-order valence-electron chi connectivity index (χ0n) is 19.0. The van der Waals surface area contributed by atoms with E-state index in [1.165, 1.54) is 17.6 Å². The summed E-state index contributed by atoms with van der Waals surface area (Å²) in [6, 6.07) is 16.2. The summed E-state index contributed by atoms with van der Waals surface area (Å²) in [4.78, 5) is 19.5. The number of benzene rings is 2.